The smallest absolute Gasteiger partial charge is 0.550 e. The molecule has 0 amide bonds. The molecule has 0 saturated heterocycles. The zero-order valence-corrected chi connectivity index (χ0v) is 15.3. The standard InChI is InChI=1S/2C8H16O2.Pd/c2*1-3-5-6-7(4-2)8(9)10;/h2*7H,3-6H2,1-2H3,(H,9,10);/q;;+2/p-2. The Balaban J connectivity index is -0.000000295. The first-order chi connectivity index (χ1) is 9.44. The van der Waals surface area contributed by atoms with Crippen molar-refractivity contribution in [2.75, 3.05) is 0 Å². The van der Waals surface area contributed by atoms with Gasteiger partial charge in [0, 0.05) is 11.9 Å². The second-order valence-electron chi connectivity index (χ2n) is 5.13. The fraction of sp³-hybridized carbons (Fsp3) is 0.875. The molecule has 2 atom stereocenters. The summed E-state index contributed by atoms with van der Waals surface area (Å²) in [7, 11) is 0. The number of unbranched alkanes of at least 4 members (excludes halogenated alkanes) is 2. The van der Waals surface area contributed by atoms with Crippen molar-refractivity contribution < 1.29 is 40.2 Å². The summed E-state index contributed by atoms with van der Waals surface area (Å²) in [5.41, 5.74) is 0. The summed E-state index contributed by atoms with van der Waals surface area (Å²) >= 11 is 0. The summed E-state index contributed by atoms with van der Waals surface area (Å²) in [5.74, 6) is -2.23. The quantitative estimate of drug-likeness (QED) is 0.532. The van der Waals surface area contributed by atoms with Crippen LogP contribution in [0.4, 0.5) is 0 Å². The summed E-state index contributed by atoms with van der Waals surface area (Å²) in [6.45, 7) is 7.89. The van der Waals surface area contributed by atoms with Crippen molar-refractivity contribution in [2.45, 2.75) is 79.1 Å². The number of rotatable bonds is 10. The van der Waals surface area contributed by atoms with E-state index in [0.717, 1.165) is 38.5 Å². The van der Waals surface area contributed by atoms with Gasteiger partial charge in [-0.3, -0.25) is 0 Å². The van der Waals surface area contributed by atoms with Gasteiger partial charge in [0.15, 0.2) is 0 Å². The van der Waals surface area contributed by atoms with Crippen LogP contribution in [-0.4, -0.2) is 11.9 Å². The third kappa shape index (κ3) is 15.8. The minimum atomic E-state index is -0.893. The fourth-order valence-corrected chi connectivity index (χ4v) is 1.88. The Labute approximate surface area is 143 Å². The zero-order valence-electron chi connectivity index (χ0n) is 13.8. The average Bonchev–Trinajstić information content (AvgIpc) is 2.40. The van der Waals surface area contributed by atoms with E-state index < -0.39 is 11.9 Å². The van der Waals surface area contributed by atoms with Crippen LogP contribution < -0.4 is 10.2 Å². The van der Waals surface area contributed by atoms with Gasteiger partial charge in [-0.25, -0.2) is 0 Å². The topological polar surface area (TPSA) is 80.3 Å². The Hall–Kier alpha value is -0.398. The van der Waals surface area contributed by atoms with E-state index in [1.807, 2.05) is 13.8 Å². The summed E-state index contributed by atoms with van der Waals surface area (Å²) in [4.78, 5) is 20.7. The van der Waals surface area contributed by atoms with Gasteiger partial charge in [0.1, 0.15) is 0 Å². The minimum Gasteiger partial charge on any atom is -0.550 e. The van der Waals surface area contributed by atoms with Crippen LogP contribution >= 0.6 is 0 Å². The van der Waals surface area contributed by atoms with Crippen LogP contribution in [0.15, 0.2) is 0 Å². The van der Waals surface area contributed by atoms with Crippen LogP contribution in [0.3, 0.4) is 0 Å². The Kier molecular flexibility index (Phi) is 21.5. The van der Waals surface area contributed by atoms with E-state index in [1.54, 1.807) is 0 Å². The molecule has 5 heteroatoms. The van der Waals surface area contributed by atoms with Gasteiger partial charge in [0.05, 0.1) is 0 Å². The molecule has 0 saturated carbocycles. The van der Waals surface area contributed by atoms with Crippen LogP contribution in [0.2, 0.25) is 0 Å². The maximum atomic E-state index is 10.3. The molecule has 0 aliphatic carbocycles. The summed E-state index contributed by atoms with van der Waals surface area (Å²) < 4.78 is 0. The summed E-state index contributed by atoms with van der Waals surface area (Å²) in [5, 5.41) is 20.7. The Morgan fingerprint density at radius 1 is 0.762 bits per heavy atom. The van der Waals surface area contributed by atoms with E-state index in [-0.39, 0.29) is 32.3 Å². The van der Waals surface area contributed by atoms with Gasteiger partial charge in [0.2, 0.25) is 0 Å². The van der Waals surface area contributed by atoms with E-state index in [4.69, 9.17) is 0 Å². The first-order valence-electron chi connectivity index (χ1n) is 7.86. The molecule has 0 radical (unpaired) electrons. The van der Waals surface area contributed by atoms with E-state index in [9.17, 15) is 19.8 Å². The number of carboxylic acids is 2. The van der Waals surface area contributed by atoms with E-state index in [1.165, 1.54) is 0 Å². The molecule has 0 fully saturated rings. The molecule has 0 heterocycles. The molecule has 0 spiro atoms. The molecule has 0 aromatic rings. The molecule has 0 aliphatic heterocycles. The molecule has 0 bridgehead atoms. The first kappa shape index (κ1) is 25.6. The Morgan fingerprint density at radius 3 is 1.19 bits per heavy atom. The molecule has 0 rings (SSSR count). The average molecular weight is 393 g/mol. The van der Waals surface area contributed by atoms with Crippen LogP contribution in [0.5, 0.6) is 0 Å². The van der Waals surface area contributed by atoms with Crippen molar-refractivity contribution in [3.63, 3.8) is 0 Å². The largest absolute Gasteiger partial charge is 2.00 e. The molecule has 0 aromatic heterocycles. The third-order valence-corrected chi connectivity index (χ3v) is 3.46. The second kappa shape index (κ2) is 17.7. The van der Waals surface area contributed by atoms with Crippen LogP contribution in [0.1, 0.15) is 79.1 Å². The normalized spacial score (nSPS) is 12.4. The van der Waals surface area contributed by atoms with Gasteiger partial charge in [-0.15, -0.1) is 0 Å². The predicted molar refractivity (Wildman–Crippen MR) is 76.6 cm³/mol. The van der Waals surface area contributed by atoms with Crippen molar-refractivity contribution in [3.8, 4) is 0 Å². The Morgan fingerprint density at radius 2 is 1.05 bits per heavy atom. The van der Waals surface area contributed by atoms with Gasteiger partial charge >= 0.3 is 20.4 Å². The van der Waals surface area contributed by atoms with Gasteiger partial charge in [-0.05, 0) is 37.5 Å². The third-order valence-electron chi connectivity index (χ3n) is 3.46. The number of aliphatic carboxylic acids is 2. The number of hydrogen-bond acceptors (Lipinski definition) is 4. The summed E-state index contributed by atoms with van der Waals surface area (Å²) in [6, 6.07) is 0. The predicted octanol–water partition coefficient (Wildman–Crippen LogP) is 1.90. The molecule has 0 aliphatic rings. The summed E-state index contributed by atoms with van der Waals surface area (Å²) in [6.07, 6.45) is 7.04. The maximum absolute atomic E-state index is 10.3. The van der Waals surface area contributed by atoms with Crippen molar-refractivity contribution in [3.05, 3.63) is 0 Å². The molecular weight excluding hydrogens is 363 g/mol. The van der Waals surface area contributed by atoms with Gasteiger partial charge in [-0.2, -0.15) is 0 Å². The SMILES string of the molecule is CCCCC(CC)C(=O)[O-].CCCCC(CC)C(=O)[O-].[Pd+2]. The van der Waals surface area contributed by atoms with Crippen LogP contribution in [0.25, 0.3) is 0 Å². The van der Waals surface area contributed by atoms with Gasteiger partial charge < -0.3 is 19.8 Å². The molecule has 4 nitrogen and oxygen atoms in total. The molecule has 2 unspecified atom stereocenters. The van der Waals surface area contributed by atoms with E-state index in [2.05, 4.69) is 13.8 Å². The number of hydrogen-bond donors (Lipinski definition) is 0. The molecule has 21 heavy (non-hydrogen) atoms. The van der Waals surface area contributed by atoms with Crippen molar-refractivity contribution in [1.29, 1.82) is 0 Å². The van der Waals surface area contributed by atoms with Crippen molar-refractivity contribution >= 4 is 11.9 Å². The van der Waals surface area contributed by atoms with Crippen LogP contribution in [0, 0.1) is 11.8 Å². The number of carbonyl (C=O) groups is 2. The molecule has 128 valence electrons. The molecular formula is C16H30O4Pd. The zero-order chi connectivity index (χ0) is 16.0. The minimum absolute atomic E-state index is 0. The van der Waals surface area contributed by atoms with Gasteiger partial charge in [-0.1, -0.05) is 53.4 Å². The van der Waals surface area contributed by atoms with E-state index >= 15 is 0 Å². The number of carboxylic acid groups (broad SMARTS) is 2. The van der Waals surface area contributed by atoms with Crippen molar-refractivity contribution in [2.24, 2.45) is 11.8 Å². The Bertz CT molecular complexity index is 231. The molecule has 0 aromatic carbocycles. The van der Waals surface area contributed by atoms with Gasteiger partial charge in [0.25, 0.3) is 0 Å². The fourth-order valence-electron chi connectivity index (χ4n) is 1.88. The molecule has 0 N–H and O–H groups in total. The second-order valence-corrected chi connectivity index (χ2v) is 5.13. The first-order valence-corrected chi connectivity index (χ1v) is 7.86. The monoisotopic (exact) mass is 392 g/mol. The maximum Gasteiger partial charge on any atom is 2.00 e. The van der Waals surface area contributed by atoms with E-state index in [0.29, 0.717) is 12.8 Å². The van der Waals surface area contributed by atoms with Crippen LogP contribution in [-0.2, 0) is 30.0 Å². The van der Waals surface area contributed by atoms with Crippen molar-refractivity contribution in [1.82, 2.24) is 0 Å². The number of carbonyl (C=O) groups excluding carboxylic acids is 2.